The number of rotatable bonds is 5. The first-order valence-corrected chi connectivity index (χ1v) is 9.51. The Hall–Kier alpha value is -0.610. The molecule has 1 saturated heterocycles. The number of nitrogens with zero attached hydrogens (tertiary/aromatic N) is 1. The van der Waals surface area contributed by atoms with E-state index in [2.05, 4.69) is 10.2 Å². The maximum atomic E-state index is 10.3. The first-order valence-electron chi connectivity index (χ1n) is 9.13. The van der Waals surface area contributed by atoms with Crippen molar-refractivity contribution in [2.75, 3.05) is 19.6 Å². The molecule has 2 N–H and O–H groups in total. The predicted molar refractivity (Wildman–Crippen MR) is 95.9 cm³/mol. The van der Waals surface area contributed by atoms with Gasteiger partial charge in [-0.2, -0.15) is 0 Å². The van der Waals surface area contributed by atoms with Crippen molar-refractivity contribution in [1.82, 2.24) is 10.2 Å². The van der Waals surface area contributed by atoms with Crippen molar-refractivity contribution in [3.8, 4) is 0 Å². The Bertz CT molecular complexity index is 465. The maximum Gasteiger partial charge on any atom is 0.0914 e. The van der Waals surface area contributed by atoms with Crippen LogP contribution in [0.4, 0.5) is 0 Å². The van der Waals surface area contributed by atoms with Gasteiger partial charge in [0, 0.05) is 23.7 Å². The van der Waals surface area contributed by atoms with Crippen LogP contribution >= 0.6 is 11.6 Å². The standard InChI is InChI=1S/C19H29ClN2O/c20-16-8-6-15(7-9-16)19(23)14-21-17-10-12-22(13-11-17)18-4-2-1-3-5-18/h6-9,17-19,21,23H,1-5,10-14H2. The van der Waals surface area contributed by atoms with Crippen molar-refractivity contribution in [3.05, 3.63) is 34.9 Å². The van der Waals surface area contributed by atoms with Gasteiger partial charge in [-0.15, -0.1) is 0 Å². The quantitative estimate of drug-likeness (QED) is 0.859. The first-order chi connectivity index (χ1) is 11.2. The number of nitrogens with one attached hydrogen (secondary N) is 1. The average molecular weight is 337 g/mol. The minimum Gasteiger partial charge on any atom is -0.387 e. The highest BCUT2D eigenvalue weighted by atomic mass is 35.5. The van der Waals surface area contributed by atoms with E-state index < -0.39 is 6.10 Å². The topological polar surface area (TPSA) is 35.5 Å². The van der Waals surface area contributed by atoms with E-state index >= 15 is 0 Å². The highest BCUT2D eigenvalue weighted by Gasteiger charge is 2.26. The number of hydrogen-bond acceptors (Lipinski definition) is 3. The first kappa shape index (κ1) is 17.2. The number of benzene rings is 1. The molecule has 1 aromatic rings. The van der Waals surface area contributed by atoms with Gasteiger partial charge in [-0.1, -0.05) is 43.0 Å². The van der Waals surface area contributed by atoms with E-state index in [0.717, 1.165) is 11.6 Å². The lowest BCUT2D eigenvalue weighted by Gasteiger charge is -2.39. The van der Waals surface area contributed by atoms with Crippen LogP contribution in [0.2, 0.25) is 5.02 Å². The molecule has 4 heteroatoms. The van der Waals surface area contributed by atoms with Crippen LogP contribution in [-0.4, -0.2) is 41.7 Å². The molecule has 0 radical (unpaired) electrons. The Balaban J connectivity index is 1.39. The Morgan fingerprint density at radius 3 is 2.35 bits per heavy atom. The number of aliphatic hydroxyl groups is 1. The van der Waals surface area contributed by atoms with Crippen LogP contribution in [0, 0.1) is 0 Å². The van der Waals surface area contributed by atoms with E-state index in [0.29, 0.717) is 17.6 Å². The molecule has 1 aliphatic heterocycles. The van der Waals surface area contributed by atoms with Gasteiger partial charge in [-0.3, -0.25) is 0 Å². The van der Waals surface area contributed by atoms with Gasteiger partial charge in [0.2, 0.25) is 0 Å². The van der Waals surface area contributed by atoms with Crippen molar-refractivity contribution in [1.29, 1.82) is 0 Å². The molecule has 128 valence electrons. The van der Waals surface area contributed by atoms with Crippen molar-refractivity contribution in [2.45, 2.75) is 63.1 Å². The van der Waals surface area contributed by atoms with E-state index in [1.807, 2.05) is 24.3 Å². The third-order valence-corrected chi connectivity index (χ3v) is 5.73. The number of aliphatic hydroxyl groups excluding tert-OH is 1. The van der Waals surface area contributed by atoms with E-state index in [9.17, 15) is 5.11 Å². The van der Waals surface area contributed by atoms with Crippen molar-refractivity contribution in [2.24, 2.45) is 0 Å². The molecule has 2 aliphatic rings. The molecular formula is C19H29ClN2O. The predicted octanol–water partition coefficient (Wildman–Crippen LogP) is 3.76. The smallest absolute Gasteiger partial charge is 0.0914 e. The van der Waals surface area contributed by atoms with E-state index in [1.165, 1.54) is 58.0 Å². The summed E-state index contributed by atoms with van der Waals surface area (Å²) < 4.78 is 0. The SMILES string of the molecule is OC(CNC1CCN(C2CCCCC2)CC1)c1ccc(Cl)cc1. The molecular weight excluding hydrogens is 308 g/mol. The average Bonchev–Trinajstić information content (AvgIpc) is 2.61. The highest BCUT2D eigenvalue weighted by molar-refractivity contribution is 6.30. The Labute approximate surface area is 145 Å². The number of hydrogen-bond donors (Lipinski definition) is 2. The molecule has 2 fully saturated rings. The van der Waals surface area contributed by atoms with E-state index in [-0.39, 0.29) is 0 Å². The lowest BCUT2D eigenvalue weighted by Crippen LogP contribution is -2.47. The number of halogens is 1. The van der Waals surface area contributed by atoms with Gasteiger partial charge in [0.05, 0.1) is 6.10 Å². The van der Waals surface area contributed by atoms with Crippen LogP contribution in [0.1, 0.15) is 56.6 Å². The molecule has 3 nitrogen and oxygen atoms in total. The zero-order valence-electron chi connectivity index (χ0n) is 13.9. The molecule has 3 rings (SSSR count). The fourth-order valence-corrected chi connectivity index (χ4v) is 4.12. The van der Waals surface area contributed by atoms with Gasteiger partial charge < -0.3 is 15.3 Å². The van der Waals surface area contributed by atoms with Crippen LogP contribution in [0.3, 0.4) is 0 Å². The molecule has 0 bridgehead atoms. The molecule has 1 atom stereocenters. The van der Waals surface area contributed by atoms with Gasteiger partial charge in [0.1, 0.15) is 0 Å². The third kappa shape index (κ3) is 4.93. The zero-order chi connectivity index (χ0) is 16.1. The van der Waals surface area contributed by atoms with Crippen LogP contribution in [0.25, 0.3) is 0 Å². The maximum absolute atomic E-state index is 10.3. The van der Waals surface area contributed by atoms with Gasteiger partial charge in [0.25, 0.3) is 0 Å². The molecule has 0 spiro atoms. The minimum absolute atomic E-state index is 0.455. The Morgan fingerprint density at radius 1 is 1.04 bits per heavy atom. The number of likely N-dealkylation sites (tertiary alicyclic amines) is 1. The molecule has 1 aliphatic carbocycles. The summed E-state index contributed by atoms with van der Waals surface area (Å²) in [7, 11) is 0. The molecule has 1 unspecified atom stereocenters. The van der Waals surface area contributed by atoms with Crippen molar-refractivity contribution in [3.63, 3.8) is 0 Å². The van der Waals surface area contributed by atoms with Crippen molar-refractivity contribution >= 4 is 11.6 Å². The molecule has 1 saturated carbocycles. The summed E-state index contributed by atoms with van der Waals surface area (Å²) in [6.45, 7) is 3.04. The summed E-state index contributed by atoms with van der Waals surface area (Å²) in [5.74, 6) is 0. The molecule has 1 aromatic carbocycles. The minimum atomic E-state index is -0.455. The monoisotopic (exact) mass is 336 g/mol. The largest absolute Gasteiger partial charge is 0.387 e. The Kier molecular flexibility index (Phi) is 6.35. The lowest BCUT2D eigenvalue weighted by atomic mass is 9.92. The van der Waals surface area contributed by atoms with Crippen LogP contribution in [0.5, 0.6) is 0 Å². The summed E-state index contributed by atoms with van der Waals surface area (Å²) in [4.78, 5) is 2.70. The van der Waals surface area contributed by atoms with Gasteiger partial charge >= 0.3 is 0 Å². The second-order valence-corrected chi connectivity index (χ2v) is 7.51. The summed E-state index contributed by atoms with van der Waals surface area (Å²) in [5, 5.41) is 14.5. The fourth-order valence-electron chi connectivity index (χ4n) is 4.00. The highest BCUT2D eigenvalue weighted by Crippen LogP contribution is 2.25. The van der Waals surface area contributed by atoms with Crippen LogP contribution in [-0.2, 0) is 0 Å². The van der Waals surface area contributed by atoms with Gasteiger partial charge in [-0.05, 0) is 56.5 Å². The second kappa shape index (κ2) is 8.48. The molecule has 23 heavy (non-hydrogen) atoms. The summed E-state index contributed by atoms with van der Waals surface area (Å²) in [5.41, 5.74) is 0.932. The normalized spacial score (nSPS) is 23.0. The molecule has 0 aromatic heterocycles. The Morgan fingerprint density at radius 2 is 1.70 bits per heavy atom. The summed E-state index contributed by atoms with van der Waals surface area (Å²) in [6.07, 6.45) is 8.99. The summed E-state index contributed by atoms with van der Waals surface area (Å²) in [6, 6.07) is 8.85. The van der Waals surface area contributed by atoms with Crippen LogP contribution < -0.4 is 5.32 Å². The second-order valence-electron chi connectivity index (χ2n) is 7.08. The van der Waals surface area contributed by atoms with Crippen LogP contribution in [0.15, 0.2) is 24.3 Å². The molecule has 1 heterocycles. The molecule has 0 amide bonds. The zero-order valence-corrected chi connectivity index (χ0v) is 14.6. The van der Waals surface area contributed by atoms with Crippen molar-refractivity contribution < 1.29 is 5.11 Å². The van der Waals surface area contributed by atoms with E-state index in [1.54, 1.807) is 0 Å². The fraction of sp³-hybridized carbons (Fsp3) is 0.684. The van der Waals surface area contributed by atoms with Gasteiger partial charge in [0.15, 0.2) is 0 Å². The van der Waals surface area contributed by atoms with E-state index in [4.69, 9.17) is 11.6 Å². The lowest BCUT2D eigenvalue weighted by molar-refractivity contribution is 0.108. The number of piperidine rings is 1. The summed E-state index contributed by atoms with van der Waals surface area (Å²) >= 11 is 5.89. The van der Waals surface area contributed by atoms with Gasteiger partial charge in [-0.25, -0.2) is 0 Å². The third-order valence-electron chi connectivity index (χ3n) is 5.48.